The van der Waals surface area contributed by atoms with Crippen molar-refractivity contribution in [1.29, 1.82) is 0 Å². The van der Waals surface area contributed by atoms with Crippen LogP contribution in [0.2, 0.25) is 0 Å². The Labute approximate surface area is 132 Å². The zero-order valence-electron chi connectivity index (χ0n) is 9.73. The van der Waals surface area contributed by atoms with Gasteiger partial charge in [-0.3, -0.25) is 0 Å². The number of rotatable bonds is 7. The molecular formula is C9H17BF3KO. The van der Waals surface area contributed by atoms with Gasteiger partial charge in [-0.15, -0.1) is 12.1 Å². The van der Waals surface area contributed by atoms with Gasteiger partial charge < -0.3 is 17.7 Å². The van der Waals surface area contributed by atoms with E-state index in [1.807, 2.05) is 13.8 Å². The first-order valence-electron chi connectivity index (χ1n) is 4.83. The monoisotopic (exact) mass is 248 g/mol. The molecule has 0 amide bonds. The molecule has 0 spiro atoms. The average Bonchev–Trinajstić information content (AvgIpc) is 2.02. The first kappa shape index (κ1) is 18.6. The zero-order chi connectivity index (χ0) is 11.2. The summed E-state index contributed by atoms with van der Waals surface area (Å²) >= 11 is 0. The molecular weight excluding hydrogens is 231 g/mol. The second kappa shape index (κ2) is 9.25. The van der Waals surface area contributed by atoms with Crippen LogP contribution >= 0.6 is 0 Å². The van der Waals surface area contributed by atoms with E-state index in [1.54, 1.807) is 0 Å². The van der Waals surface area contributed by atoms with E-state index >= 15 is 0 Å². The maximum Gasteiger partial charge on any atom is 1.00 e. The zero-order valence-corrected chi connectivity index (χ0v) is 12.9. The van der Waals surface area contributed by atoms with Gasteiger partial charge in [0.05, 0.1) is 0 Å². The van der Waals surface area contributed by atoms with Crippen molar-refractivity contribution in [2.24, 2.45) is 5.92 Å². The molecule has 0 radical (unpaired) electrons. The van der Waals surface area contributed by atoms with Crippen molar-refractivity contribution in [2.45, 2.75) is 26.7 Å². The topological polar surface area (TPSA) is 9.23 Å². The van der Waals surface area contributed by atoms with E-state index in [4.69, 9.17) is 4.74 Å². The molecule has 1 unspecified atom stereocenters. The van der Waals surface area contributed by atoms with Crippen molar-refractivity contribution in [2.75, 3.05) is 13.2 Å². The van der Waals surface area contributed by atoms with Crippen LogP contribution in [0, 0.1) is 5.92 Å². The Hall–Kier alpha value is 1.19. The summed E-state index contributed by atoms with van der Waals surface area (Å²) < 4.78 is 40.9. The predicted molar refractivity (Wildman–Crippen MR) is 53.1 cm³/mol. The van der Waals surface area contributed by atoms with Crippen LogP contribution in [0.25, 0.3) is 0 Å². The summed E-state index contributed by atoms with van der Waals surface area (Å²) in [4.78, 5) is 0. The van der Waals surface area contributed by atoms with Crippen LogP contribution in [-0.4, -0.2) is 20.2 Å². The van der Waals surface area contributed by atoms with Crippen molar-refractivity contribution < 1.29 is 69.1 Å². The molecule has 15 heavy (non-hydrogen) atoms. The summed E-state index contributed by atoms with van der Waals surface area (Å²) in [6.07, 6.45) is 2.00. The molecule has 0 rings (SSSR count). The van der Waals surface area contributed by atoms with Crippen LogP contribution in [-0.2, 0) is 4.74 Å². The van der Waals surface area contributed by atoms with E-state index in [0.29, 0.717) is 12.5 Å². The van der Waals surface area contributed by atoms with Crippen LogP contribution in [0.3, 0.4) is 0 Å². The van der Waals surface area contributed by atoms with Crippen LogP contribution < -0.4 is 51.4 Å². The molecule has 0 N–H and O–H groups in total. The van der Waals surface area contributed by atoms with Gasteiger partial charge in [-0.25, -0.2) is 0 Å². The SMILES string of the molecule is C=C(COCC(C)CCC)[B-](F)(F)F.[K+]. The van der Waals surface area contributed by atoms with Gasteiger partial charge in [0.25, 0.3) is 0 Å². The van der Waals surface area contributed by atoms with Gasteiger partial charge in [0.15, 0.2) is 0 Å². The molecule has 0 aromatic heterocycles. The Morgan fingerprint density at radius 2 is 1.93 bits per heavy atom. The van der Waals surface area contributed by atoms with Crippen LogP contribution in [0.4, 0.5) is 12.9 Å². The number of halogens is 3. The smallest absolute Gasteiger partial charge is 0.445 e. The van der Waals surface area contributed by atoms with E-state index in [0.717, 1.165) is 12.8 Å². The summed E-state index contributed by atoms with van der Waals surface area (Å²) in [6.45, 7) is 2.00. The number of ether oxygens (including phenoxy) is 1. The van der Waals surface area contributed by atoms with Gasteiger partial charge >= 0.3 is 58.4 Å². The molecule has 0 aromatic rings. The van der Waals surface area contributed by atoms with Crippen molar-refractivity contribution in [3.8, 4) is 0 Å². The first-order chi connectivity index (χ1) is 6.38. The molecule has 1 atom stereocenters. The van der Waals surface area contributed by atoms with Crippen molar-refractivity contribution in [3.05, 3.63) is 12.1 Å². The van der Waals surface area contributed by atoms with Crippen LogP contribution in [0.15, 0.2) is 12.1 Å². The molecule has 0 aliphatic rings. The molecule has 6 heteroatoms. The molecule has 0 aliphatic carbocycles. The number of hydrogen-bond acceptors (Lipinski definition) is 1. The van der Waals surface area contributed by atoms with E-state index in [1.165, 1.54) is 0 Å². The summed E-state index contributed by atoms with van der Waals surface area (Å²) in [5.74, 6) is 0.313. The Kier molecular flexibility index (Phi) is 11.4. The summed E-state index contributed by atoms with van der Waals surface area (Å²) in [5.41, 5.74) is -0.756. The van der Waals surface area contributed by atoms with Crippen molar-refractivity contribution in [3.63, 3.8) is 0 Å². The second-order valence-corrected chi connectivity index (χ2v) is 3.64. The predicted octanol–water partition coefficient (Wildman–Crippen LogP) is 0.386. The Bertz CT molecular complexity index is 185. The van der Waals surface area contributed by atoms with Crippen molar-refractivity contribution in [1.82, 2.24) is 0 Å². The Balaban J connectivity index is 0. The van der Waals surface area contributed by atoms with E-state index in [2.05, 4.69) is 6.58 Å². The minimum atomic E-state index is -4.93. The van der Waals surface area contributed by atoms with Gasteiger partial charge in [0.1, 0.15) is 0 Å². The van der Waals surface area contributed by atoms with E-state index < -0.39 is 19.1 Å². The normalized spacial score (nSPS) is 13.1. The Morgan fingerprint density at radius 3 is 2.33 bits per heavy atom. The molecule has 0 saturated heterocycles. The number of hydrogen-bond donors (Lipinski definition) is 0. The first-order valence-corrected chi connectivity index (χ1v) is 4.83. The molecule has 0 aromatic carbocycles. The minimum absolute atomic E-state index is 0. The fourth-order valence-electron chi connectivity index (χ4n) is 1.06. The van der Waals surface area contributed by atoms with Gasteiger partial charge in [0.2, 0.25) is 0 Å². The molecule has 0 heterocycles. The fraction of sp³-hybridized carbons (Fsp3) is 0.778. The van der Waals surface area contributed by atoms with Gasteiger partial charge in [-0.1, -0.05) is 20.3 Å². The summed E-state index contributed by atoms with van der Waals surface area (Å²) in [7, 11) is 0. The van der Waals surface area contributed by atoms with E-state index in [9.17, 15) is 12.9 Å². The molecule has 0 aliphatic heterocycles. The third-order valence-electron chi connectivity index (χ3n) is 1.93. The van der Waals surface area contributed by atoms with Crippen molar-refractivity contribution >= 4 is 6.98 Å². The molecule has 0 saturated carbocycles. The molecule has 0 fully saturated rings. The quantitative estimate of drug-likeness (QED) is 0.592. The third-order valence-corrected chi connectivity index (χ3v) is 1.93. The second-order valence-electron chi connectivity index (χ2n) is 3.64. The van der Waals surface area contributed by atoms with Gasteiger partial charge in [-0.2, -0.15) is 0 Å². The van der Waals surface area contributed by atoms with Crippen LogP contribution in [0.1, 0.15) is 26.7 Å². The standard InChI is InChI=1S/C9H17BF3O.K/c1-4-5-8(2)6-14-7-9(3)10(11,12)13;/h8H,3-7H2,1-2H3;/q-1;+1. The summed E-state index contributed by atoms with van der Waals surface area (Å²) in [5, 5.41) is 0. The largest absolute Gasteiger partial charge is 1.00 e. The molecule has 0 bridgehead atoms. The minimum Gasteiger partial charge on any atom is -0.445 e. The van der Waals surface area contributed by atoms with Crippen LogP contribution in [0.5, 0.6) is 0 Å². The van der Waals surface area contributed by atoms with E-state index in [-0.39, 0.29) is 51.4 Å². The summed E-state index contributed by atoms with van der Waals surface area (Å²) in [6, 6.07) is 0. The molecule has 84 valence electrons. The van der Waals surface area contributed by atoms with Gasteiger partial charge in [0, 0.05) is 13.2 Å². The maximum atomic E-state index is 12.0. The third kappa shape index (κ3) is 10.1. The van der Waals surface area contributed by atoms with Gasteiger partial charge in [-0.05, 0) is 12.3 Å². The molecule has 1 nitrogen and oxygen atoms in total. The Morgan fingerprint density at radius 1 is 1.40 bits per heavy atom. The maximum absolute atomic E-state index is 12.0. The fourth-order valence-corrected chi connectivity index (χ4v) is 1.06. The average molecular weight is 248 g/mol.